The van der Waals surface area contributed by atoms with Crippen molar-refractivity contribution in [3.63, 3.8) is 0 Å². The van der Waals surface area contributed by atoms with Crippen molar-refractivity contribution in [2.24, 2.45) is 0 Å². The van der Waals surface area contributed by atoms with Gasteiger partial charge in [-0.1, -0.05) is 74.1 Å². The van der Waals surface area contributed by atoms with Crippen molar-refractivity contribution in [3.05, 3.63) is 72.4 Å². The lowest BCUT2D eigenvalue weighted by molar-refractivity contribution is 0.294. The summed E-state index contributed by atoms with van der Waals surface area (Å²) in [6.07, 6.45) is 13.6. The Morgan fingerprint density at radius 1 is 0.897 bits per heavy atom. The molecule has 5 aromatic rings. The Bertz CT molecular complexity index is 1800. The molecule has 39 heavy (non-hydrogen) atoms. The van der Waals surface area contributed by atoms with Crippen LogP contribution in [-0.4, -0.2) is 19.9 Å². The van der Waals surface area contributed by atoms with Crippen molar-refractivity contribution in [1.82, 2.24) is 15.0 Å². The zero-order valence-corrected chi connectivity index (χ0v) is 22.5. The van der Waals surface area contributed by atoms with E-state index >= 15 is 0 Å². The van der Waals surface area contributed by atoms with Crippen LogP contribution < -0.4 is 9.05 Å². The first kappa shape index (κ1) is 25.2. The third-order valence-corrected chi connectivity index (χ3v) is 7.99. The van der Waals surface area contributed by atoms with Gasteiger partial charge in [-0.2, -0.15) is 0 Å². The quantitative estimate of drug-likeness (QED) is 0.130. The lowest BCUT2D eigenvalue weighted by atomic mass is 9.91. The lowest BCUT2D eigenvalue weighted by Crippen LogP contribution is -1.98. The number of rotatable bonds is 7. The first-order valence-electron chi connectivity index (χ1n) is 13.2. The fourth-order valence-corrected chi connectivity index (χ4v) is 6.06. The summed E-state index contributed by atoms with van der Waals surface area (Å²) in [6, 6.07) is 18.8. The number of aromatic nitrogens is 3. The number of nitrogens with zero attached hydrogens (tertiary/aromatic N) is 3. The maximum absolute atomic E-state index is 12.8. The number of hydrogen-bond acceptors (Lipinski definition) is 5. The van der Waals surface area contributed by atoms with Crippen LogP contribution in [0.2, 0.25) is 0 Å². The predicted molar refractivity (Wildman–Crippen MR) is 154 cm³/mol. The van der Waals surface area contributed by atoms with Crippen LogP contribution in [0.1, 0.15) is 44.6 Å². The van der Waals surface area contributed by atoms with Crippen LogP contribution in [0, 0.1) is 12.3 Å². The van der Waals surface area contributed by atoms with E-state index in [1.807, 2.05) is 53.3 Å². The summed E-state index contributed by atoms with van der Waals surface area (Å²) in [7, 11) is -4.39. The van der Waals surface area contributed by atoms with Crippen LogP contribution in [0.4, 0.5) is 0 Å². The Morgan fingerprint density at radius 2 is 1.56 bits per heavy atom. The van der Waals surface area contributed by atoms with Gasteiger partial charge < -0.3 is 9.05 Å². The summed E-state index contributed by atoms with van der Waals surface area (Å²) in [5.41, 5.74) is 3.86. The molecule has 2 heterocycles. The van der Waals surface area contributed by atoms with E-state index < -0.39 is 7.82 Å². The SMILES string of the molecule is C#Cc1ccc2c3c(ccc2c1)OP(=O)(O)Oc1ccc2cc(-c4cn(CCCCCCC)nn4)ccc2c1-3. The fraction of sp³-hybridized carbons (Fsp3) is 0.226. The molecule has 1 atom stereocenters. The molecule has 0 saturated carbocycles. The van der Waals surface area contributed by atoms with Gasteiger partial charge in [0, 0.05) is 28.8 Å². The maximum Gasteiger partial charge on any atom is 0.584 e. The van der Waals surface area contributed by atoms with E-state index in [2.05, 4.69) is 29.2 Å². The largest absolute Gasteiger partial charge is 0.584 e. The Morgan fingerprint density at radius 3 is 2.26 bits per heavy atom. The monoisotopic (exact) mass is 537 g/mol. The van der Waals surface area contributed by atoms with E-state index in [0.717, 1.165) is 51.3 Å². The molecule has 6 rings (SSSR count). The number of fused-ring (bicyclic) bond motifs is 7. The molecular formula is C31H28N3O4P. The van der Waals surface area contributed by atoms with Crippen LogP contribution in [0.3, 0.4) is 0 Å². The van der Waals surface area contributed by atoms with Gasteiger partial charge in [-0.05, 0) is 58.3 Å². The fourth-order valence-electron chi connectivity index (χ4n) is 5.22. The highest BCUT2D eigenvalue weighted by atomic mass is 31.2. The van der Waals surface area contributed by atoms with E-state index in [4.69, 9.17) is 15.5 Å². The number of benzene rings is 4. The summed E-state index contributed by atoms with van der Waals surface area (Å²) in [4.78, 5) is 10.4. The molecule has 0 radical (unpaired) electrons. The molecule has 0 amide bonds. The lowest BCUT2D eigenvalue weighted by Gasteiger charge is -2.14. The van der Waals surface area contributed by atoms with Gasteiger partial charge in [-0.15, -0.1) is 11.5 Å². The van der Waals surface area contributed by atoms with Crippen molar-refractivity contribution in [2.45, 2.75) is 45.6 Å². The Kier molecular flexibility index (Phi) is 6.60. The first-order valence-corrected chi connectivity index (χ1v) is 14.7. The summed E-state index contributed by atoms with van der Waals surface area (Å²) in [5, 5.41) is 12.3. The van der Waals surface area contributed by atoms with Crippen molar-refractivity contribution in [1.29, 1.82) is 0 Å². The number of terminal acetylenes is 1. The number of unbranched alkanes of at least 4 members (excludes halogenated alkanes) is 4. The molecule has 0 fully saturated rings. The topological polar surface area (TPSA) is 86.5 Å². The molecule has 4 aromatic carbocycles. The number of aryl methyl sites for hydroxylation is 1. The van der Waals surface area contributed by atoms with Crippen LogP contribution in [0.25, 0.3) is 43.9 Å². The molecule has 8 heteroatoms. The van der Waals surface area contributed by atoms with Gasteiger partial charge in [-0.3, -0.25) is 9.58 Å². The van der Waals surface area contributed by atoms with Crippen molar-refractivity contribution in [2.75, 3.05) is 0 Å². The van der Waals surface area contributed by atoms with Crippen LogP contribution in [-0.2, 0) is 11.1 Å². The molecule has 1 aliphatic rings. The highest BCUT2D eigenvalue weighted by Gasteiger charge is 2.34. The van der Waals surface area contributed by atoms with Gasteiger partial charge in [0.2, 0.25) is 0 Å². The molecule has 1 aromatic heterocycles. The molecule has 196 valence electrons. The molecule has 7 nitrogen and oxygen atoms in total. The van der Waals surface area contributed by atoms with Crippen LogP contribution in [0.5, 0.6) is 11.5 Å². The summed E-state index contributed by atoms with van der Waals surface area (Å²) < 4.78 is 25.7. The number of phosphoric ester groups is 1. The Balaban J connectivity index is 1.44. The van der Waals surface area contributed by atoms with Gasteiger partial charge in [0.15, 0.2) is 0 Å². The van der Waals surface area contributed by atoms with E-state index in [0.29, 0.717) is 11.1 Å². The average Bonchev–Trinajstić information content (AvgIpc) is 3.36. The van der Waals surface area contributed by atoms with Crippen molar-refractivity contribution >= 4 is 29.4 Å². The van der Waals surface area contributed by atoms with Crippen molar-refractivity contribution < 1.29 is 18.5 Å². The highest BCUT2D eigenvalue weighted by molar-refractivity contribution is 7.48. The summed E-state index contributed by atoms with van der Waals surface area (Å²) in [6.45, 7) is 3.06. The van der Waals surface area contributed by atoms with Crippen LogP contribution >= 0.6 is 7.82 Å². The highest BCUT2D eigenvalue weighted by Crippen LogP contribution is 2.56. The summed E-state index contributed by atoms with van der Waals surface area (Å²) in [5.74, 6) is 3.22. The van der Waals surface area contributed by atoms with Gasteiger partial charge in [0.05, 0.1) is 6.20 Å². The summed E-state index contributed by atoms with van der Waals surface area (Å²) >= 11 is 0. The van der Waals surface area contributed by atoms with E-state index in [9.17, 15) is 9.46 Å². The van der Waals surface area contributed by atoms with Gasteiger partial charge >= 0.3 is 7.82 Å². The first-order chi connectivity index (χ1) is 19.0. The van der Waals surface area contributed by atoms with Gasteiger partial charge in [0.25, 0.3) is 0 Å². The molecule has 0 aliphatic carbocycles. The molecule has 0 saturated heterocycles. The van der Waals surface area contributed by atoms with Gasteiger partial charge in [-0.25, -0.2) is 4.57 Å². The number of phosphoric acid groups is 1. The molecule has 0 bridgehead atoms. The van der Waals surface area contributed by atoms with E-state index in [-0.39, 0.29) is 11.5 Å². The molecule has 1 unspecified atom stereocenters. The van der Waals surface area contributed by atoms with E-state index in [1.165, 1.54) is 25.7 Å². The van der Waals surface area contributed by atoms with Crippen molar-refractivity contribution in [3.8, 4) is 46.2 Å². The minimum absolute atomic E-state index is 0.277. The molecule has 0 spiro atoms. The zero-order valence-electron chi connectivity index (χ0n) is 21.6. The number of hydrogen-bond donors (Lipinski definition) is 1. The Hall–Kier alpha value is -4.11. The molecular weight excluding hydrogens is 509 g/mol. The minimum atomic E-state index is -4.39. The third-order valence-electron chi connectivity index (χ3n) is 7.13. The van der Waals surface area contributed by atoms with Crippen LogP contribution in [0.15, 0.2) is 66.9 Å². The standard InChI is InChI=1S/C31H28N3O4P/c1-3-5-6-7-8-17-34-20-27(32-33-34)24-10-14-26-23(19-24)12-16-29-31(26)30-25-13-9-21(4-2)18-22(25)11-15-28(30)37-39(35,36)38-29/h2,9-16,18-20H,3,5-8,17H2,1H3,(H,35,36). The van der Waals surface area contributed by atoms with Gasteiger partial charge in [0.1, 0.15) is 17.2 Å². The van der Waals surface area contributed by atoms with E-state index in [1.54, 1.807) is 12.1 Å². The predicted octanol–water partition coefficient (Wildman–Crippen LogP) is 7.74. The second kappa shape index (κ2) is 10.2. The average molecular weight is 538 g/mol. The second-order valence-corrected chi connectivity index (χ2v) is 11.1. The molecule has 1 N–H and O–H groups in total. The normalized spacial score (nSPS) is 16.1. The zero-order chi connectivity index (χ0) is 27.0. The second-order valence-electron chi connectivity index (χ2n) is 9.83. The smallest absolute Gasteiger partial charge is 0.395 e. The maximum atomic E-state index is 12.8. The Labute approximate surface area is 227 Å². The minimum Gasteiger partial charge on any atom is -0.395 e. The molecule has 1 aliphatic heterocycles. The third kappa shape index (κ3) is 4.90.